The van der Waals surface area contributed by atoms with Gasteiger partial charge in [0, 0.05) is 24.8 Å². The minimum Gasteiger partial charge on any atom is -0.497 e. The first-order valence-corrected chi connectivity index (χ1v) is 12.3. The van der Waals surface area contributed by atoms with Crippen LogP contribution in [-0.2, 0) is 16.0 Å². The molecule has 8 nitrogen and oxygen atoms in total. The van der Waals surface area contributed by atoms with E-state index >= 15 is 0 Å². The van der Waals surface area contributed by atoms with E-state index in [4.69, 9.17) is 14.2 Å². The molecule has 0 aliphatic carbocycles. The number of nitrogens with one attached hydrogen (secondary N) is 1. The SMILES string of the molecule is COc1ccc(CCC(=O)Nc2cccc(Oc3ccc4c(c3)C(=O)N(CC3CCCO3)C4=O)c2)cc1. The molecule has 1 fully saturated rings. The maximum Gasteiger partial charge on any atom is 0.261 e. The van der Waals surface area contributed by atoms with E-state index in [-0.39, 0.29) is 30.4 Å². The number of anilines is 1. The number of carbonyl (C=O) groups excluding carboxylic acids is 3. The number of nitrogens with zero attached hydrogens (tertiary/aromatic N) is 1. The maximum atomic E-state index is 12.9. The third kappa shape index (κ3) is 5.65. The molecule has 3 amide bonds. The topological polar surface area (TPSA) is 94.2 Å². The van der Waals surface area contributed by atoms with Gasteiger partial charge in [-0.25, -0.2) is 0 Å². The van der Waals surface area contributed by atoms with E-state index in [1.165, 1.54) is 4.90 Å². The lowest BCUT2D eigenvalue weighted by molar-refractivity contribution is -0.116. The molecule has 37 heavy (non-hydrogen) atoms. The molecule has 1 N–H and O–H groups in total. The van der Waals surface area contributed by atoms with E-state index in [1.54, 1.807) is 49.6 Å². The smallest absolute Gasteiger partial charge is 0.261 e. The summed E-state index contributed by atoms with van der Waals surface area (Å²) < 4.78 is 16.7. The van der Waals surface area contributed by atoms with Gasteiger partial charge in [0.1, 0.15) is 17.2 Å². The number of hydrogen-bond acceptors (Lipinski definition) is 6. The van der Waals surface area contributed by atoms with Crippen LogP contribution in [0.3, 0.4) is 0 Å². The molecule has 0 spiro atoms. The Hall–Kier alpha value is -4.17. The van der Waals surface area contributed by atoms with Crippen molar-refractivity contribution >= 4 is 23.4 Å². The van der Waals surface area contributed by atoms with Crippen LogP contribution in [0.25, 0.3) is 0 Å². The van der Waals surface area contributed by atoms with Crippen LogP contribution in [0, 0.1) is 0 Å². The van der Waals surface area contributed by atoms with Gasteiger partial charge in [0.15, 0.2) is 0 Å². The Labute approximate surface area is 215 Å². The van der Waals surface area contributed by atoms with Gasteiger partial charge in [-0.3, -0.25) is 19.3 Å². The zero-order valence-electron chi connectivity index (χ0n) is 20.6. The van der Waals surface area contributed by atoms with Gasteiger partial charge in [0.2, 0.25) is 5.91 Å². The normalized spacial score (nSPS) is 16.6. The van der Waals surface area contributed by atoms with Crippen molar-refractivity contribution in [1.29, 1.82) is 0 Å². The van der Waals surface area contributed by atoms with E-state index in [0.717, 1.165) is 24.2 Å². The second-order valence-corrected chi connectivity index (χ2v) is 9.09. The molecule has 0 radical (unpaired) electrons. The Bertz CT molecular complexity index is 1310. The molecule has 1 saturated heterocycles. The molecule has 2 heterocycles. The van der Waals surface area contributed by atoms with Crippen LogP contribution < -0.4 is 14.8 Å². The van der Waals surface area contributed by atoms with Gasteiger partial charge in [0.25, 0.3) is 11.8 Å². The summed E-state index contributed by atoms with van der Waals surface area (Å²) in [5, 5.41) is 2.89. The fourth-order valence-electron chi connectivity index (χ4n) is 4.54. The highest BCUT2D eigenvalue weighted by molar-refractivity contribution is 6.21. The minimum absolute atomic E-state index is 0.105. The van der Waals surface area contributed by atoms with Crippen molar-refractivity contribution in [2.24, 2.45) is 0 Å². The highest BCUT2D eigenvalue weighted by Crippen LogP contribution is 2.31. The predicted octanol–water partition coefficient (Wildman–Crippen LogP) is 4.83. The number of rotatable bonds is 9. The van der Waals surface area contributed by atoms with Crippen molar-refractivity contribution in [1.82, 2.24) is 4.90 Å². The first-order chi connectivity index (χ1) is 18.0. The Morgan fingerprint density at radius 2 is 1.73 bits per heavy atom. The summed E-state index contributed by atoms with van der Waals surface area (Å²) in [6.45, 7) is 0.927. The lowest BCUT2D eigenvalue weighted by atomic mass is 10.1. The first kappa shape index (κ1) is 24.5. The number of hydrogen-bond donors (Lipinski definition) is 1. The summed E-state index contributed by atoms with van der Waals surface area (Å²) in [4.78, 5) is 39.4. The third-order valence-electron chi connectivity index (χ3n) is 6.51. The molecule has 3 aromatic carbocycles. The fourth-order valence-corrected chi connectivity index (χ4v) is 4.54. The maximum absolute atomic E-state index is 12.9. The van der Waals surface area contributed by atoms with Gasteiger partial charge >= 0.3 is 0 Å². The summed E-state index contributed by atoms with van der Waals surface area (Å²) in [5.74, 6) is 0.962. The first-order valence-electron chi connectivity index (χ1n) is 12.3. The van der Waals surface area contributed by atoms with E-state index < -0.39 is 0 Å². The predicted molar refractivity (Wildman–Crippen MR) is 137 cm³/mol. The summed E-state index contributed by atoms with van der Waals surface area (Å²) in [5.41, 5.74) is 2.34. The van der Waals surface area contributed by atoms with Crippen LogP contribution in [0.1, 0.15) is 45.5 Å². The van der Waals surface area contributed by atoms with Gasteiger partial charge in [-0.15, -0.1) is 0 Å². The number of ether oxygens (including phenoxy) is 3. The lowest BCUT2D eigenvalue weighted by Gasteiger charge is -2.17. The zero-order chi connectivity index (χ0) is 25.8. The summed E-state index contributed by atoms with van der Waals surface area (Å²) in [6, 6.07) is 19.5. The third-order valence-corrected chi connectivity index (χ3v) is 6.51. The molecule has 5 rings (SSSR count). The number of fused-ring (bicyclic) bond motifs is 1. The number of methoxy groups -OCH3 is 1. The Morgan fingerprint density at radius 1 is 0.973 bits per heavy atom. The summed E-state index contributed by atoms with van der Waals surface area (Å²) >= 11 is 0. The molecule has 0 saturated carbocycles. The molecule has 190 valence electrons. The van der Waals surface area contributed by atoms with Crippen LogP contribution >= 0.6 is 0 Å². The second-order valence-electron chi connectivity index (χ2n) is 9.09. The van der Waals surface area contributed by atoms with Crippen molar-refractivity contribution < 1.29 is 28.6 Å². The molecule has 3 aromatic rings. The minimum atomic E-state index is -0.334. The molecule has 2 aliphatic heterocycles. The van der Waals surface area contributed by atoms with E-state index in [0.29, 0.717) is 47.8 Å². The summed E-state index contributed by atoms with van der Waals surface area (Å²) in [6.07, 6.45) is 2.62. The Morgan fingerprint density at radius 3 is 2.49 bits per heavy atom. The fraction of sp³-hybridized carbons (Fsp3) is 0.276. The monoisotopic (exact) mass is 500 g/mol. The molecular formula is C29H28N2O6. The number of benzene rings is 3. The average molecular weight is 501 g/mol. The van der Waals surface area contributed by atoms with Crippen LogP contribution in [-0.4, -0.2) is 49.0 Å². The van der Waals surface area contributed by atoms with Crippen molar-refractivity contribution in [3.63, 3.8) is 0 Å². The van der Waals surface area contributed by atoms with Crippen molar-refractivity contribution in [2.75, 3.05) is 25.6 Å². The van der Waals surface area contributed by atoms with Crippen LogP contribution in [0.15, 0.2) is 66.7 Å². The molecule has 2 aliphatic rings. The van der Waals surface area contributed by atoms with Gasteiger partial charge in [-0.2, -0.15) is 0 Å². The largest absolute Gasteiger partial charge is 0.497 e. The van der Waals surface area contributed by atoms with Crippen molar-refractivity contribution in [3.05, 3.63) is 83.4 Å². The number of imide groups is 1. The van der Waals surface area contributed by atoms with E-state index in [1.807, 2.05) is 24.3 Å². The van der Waals surface area contributed by atoms with Gasteiger partial charge in [-0.1, -0.05) is 18.2 Å². The van der Waals surface area contributed by atoms with Gasteiger partial charge < -0.3 is 19.5 Å². The lowest BCUT2D eigenvalue weighted by Crippen LogP contribution is -2.36. The van der Waals surface area contributed by atoms with Crippen LogP contribution in [0.4, 0.5) is 5.69 Å². The molecule has 0 aromatic heterocycles. The van der Waals surface area contributed by atoms with E-state index in [2.05, 4.69) is 5.32 Å². The van der Waals surface area contributed by atoms with Gasteiger partial charge in [0.05, 0.1) is 30.9 Å². The molecule has 8 heteroatoms. The van der Waals surface area contributed by atoms with Crippen molar-refractivity contribution in [2.45, 2.75) is 31.8 Å². The number of aryl methyl sites for hydroxylation is 1. The zero-order valence-corrected chi connectivity index (χ0v) is 20.6. The molecule has 1 atom stereocenters. The van der Waals surface area contributed by atoms with E-state index in [9.17, 15) is 14.4 Å². The van der Waals surface area contributed by atoms with Crippen molar-refractivity contribution in [3.8, 4) is 17.2 Å². The second kappa shape index (κ2) is 10.8. The quantitative estimate of drug-likeness (QED) is 0.423. The molecule has 1 unspecified atom stereocenters. The highest BCUT2D eigenvalue weighted by atomic mass is 16.5. The Kier molecular flexibility index (Phi) is 7.18. The number of amides is 3. The average Bonchev–Trinajstić information content (AvgIpc) is 3.51. The summed E-state index contributed by atoms with van der Waals surface area (Å²) in [7, 11) is 1.62. The Balaban J connectivity index is 1.20. The standard InChI is InChI=1S/C29H28N2O6/c1-35-21-10-7-19(8-11-21)9-14-27(32)30-20-4-2-5-22(16-20)37-23-12-13-25-26(17-23)29(34)31(28(25)33)18-24-6-3-15-36-24/h2,4-5,7-8,10-13,16-17,24H,3,6,9,14-15,18H2,1H3,(H,30,32). The van der Waals surface area contributed by atoms with Crippen LogP contribution in [0.2, 0.25) is 0 Å². The number of carbonyl (C=O) groups is 3. The molecule has 0 bridgehead atoms. The molecular weight excluding hydrogens is 472 g/mol. The highest BCUT2D eigenvalue weighted by Gasteiger charge is 2.37. The van der Waals surface area contributed by atoms with Gasteiger partial charge in [-0.05, 0) is 67.3 Å². The van der Waals surface area contributed by atoms with Crippen LogP contribution in [0.5, 0.6) is 17.2 Å².